The topological polar surface area (TPSA) is 40.3 Å². The molecule has 2 atom stereocenters. The van der Waals surface area contributed by atoms with E-state index in [-0.39, 0.29) is 11.8 Å². The lowest BCUT2D eigenvalue weighted by Gasteiger charge is -2.25. The van der Waals surface area contributed by atoms with E-state index >= 15 is 0 Å². The first kappa shape index (κ1) is 14.8. The largest absolute Gasteiger partial charge is 0.355 e. The van der Waals surface area contributed by atoms with Gasteiger partial charge in [-0.1, -0.05) is 52.3 Å². The Hall–Kier alpha value is -1.78. The molecule has 0 unspecified atom stereocenters. The van der Waals surface area contributed by atoms with Gasteiger partial charge in [-0.3, -0.25) is 4.79 Å². The SMILES string of the molecule is CC(C)[N+]1=C(c2ccccc2)[C@]2(Br)C(=O)[C@@]1(O)c1ccccc12. The Morgan fingerprint density at radius 3 is 2.17 bits per heavy atom. The number of aliphatic hydroxyl groups is 1. The number of Topliss-reactive ketones (excluding diaryl/α,β-unsaturated/α-hetero) is 1. The van der Waals surface area contributed by atoms with Crippen molar-refractivity contribution in [2.24, 2.45) is 0 Å². The van der Waals surface area contributed by atoms with Gasteiger partial charge < -0.3 is 5.11 Å². The van der Waals surface area contributed by atoms with Crippen molar-refractivity contribution in [1.29, 1.82) is 0 Å². The number of rotatable bonds is 2. The number of fused-ring (bicyclic) bond motifs is 5. The van der Waals surface area contributed by atoms with E-state index in [0.29, 0.717) is 5.56 Å². The van der Waals surface area contributed by atoms with Crippen molar-refractivity contribution < 1.29 is 14.5 Å². The number of benzene rings is 2. The predicted octanol–water partition coefficient (Wildman–Crippen LogP) is 2.93. The maximum atomic E-state index is 13.2. The van der Waals surface area contributed by atoms with E-state index in [1.807, 2.05) is 73.0 Å². The molecule has 0 fully saturated rings. The molecule has 4 heteroatoms. The molecule has 1 heterocycles. The molecule has 2 aliphatic rings. The fourth-order valence-corrected chi connectivity index (χ4v) is 4.98. The lowest BCUT2D eigenvalue weighted by atomic mass is 9.90. The van der Waals surface area contributed by atoms with Crippen LogP contribution >= 0.6 is 15.9 Å². The minimum atomic E-state index is -1.61. The van der Waals surface area contributed by atoms with Crippen molar-refractivity contribution >= 4 is 27.4 Å². The molecule has 1 aliphatic carbocycles. The minimum Gasteiger partial charge on any atom is -0.325 e. The van der Waals surface area contributed by atoms with Crippen LogP contribution in [-0.4, -0.2) is 27.2 Å². The first-order valence-electron chi connectivity index (χ1n) is 7.71. The smallest absolute Gasteiger partial charge is 0.325 e. The van der Waals surface area contributed by atoms with Gasteiger partial charge in [0.05, 0.1) is 5.56 Å². The summed E-state index contributed by atoms with van der Waals surface area (Å²) in [5.74, 6) is -0.223. The summed E-state index contributed by atoms with van der Waals surface area (Å²) in [7, 11) is 0. The standard InChI is InChI=1S/C19H17BrNO2/c1-12(2)21-16(13-8-4-3-5-9-13)18(20)14-10-6-7-11-15(14)19(21,23)17(18)22/h3-12,23H,1-2H3/q+1/t18-,19-/m0/s1. The van der Waals surface area contributed by atoms with Crippen molar-refractivity contribution in [3.63, 3.8) is 0 Å². The molecule has 4 rings (SSSR count). The Bertz CT molecular complexity index is 859. The molecule has 1 aliphatic heterocycles. The first-order chi connectivity index (χ1) is 10.9. The predicted molar refractivity (Wildman–Crippen MR) is 91.9 cm³/mol. The number of carbonyl (C=O) groups excluding carboxylic acids is 1. The number of hydrogen-bond donors (Lipinski definition) is 1. The molecule has 0 amide bonds. The first-order valence-corrected chi connectivity index (χ1v) is 8.51. The zero-order chi connectivity index (χ0) is 16.4. The van der Waals surface area contributed by atoms with E-state index in [1.54, 1.807) is 0 Å². The molecular formula is C19H17BrNO2+. The third-order valence-electron chi connectivity index (χ3n) is 4.78. The van der Waals surface area contributed by atoms with Gasteiger partial charge >= 0.3 is 5.72 Å². The molecule has 0 saturated carbocycles. The summed E-state index contributed by atoms with van der Waals surface area (Å²) in [4.78, 5) is 13.2. The summed E-state index contributed by atoms with van der Waals surface area (Å²) in [6.07, 6.45) is 0. The summed E-state index contributed by atoms with van der Waals surface area (Å²) < 4.78 is 0.853. The van der Waals surface area contributed by atoms with Gasteiger partial charge in [-0.15, -0.1) is 0 Å². The van der Waals surface area contributed by atoms with Crippen LogP contribution in [0.3, 0.4) is 0 Å². The second-order valence-corrected chi connectivity index (χ2v) is 7.57. The molecule has 0 saturated heterocycles. The van der Waals surface area contributed by atoms with Crippen LogP contribution in [0.25, 0.3) is 0 Å². The molecule has 0 spiro atoms. The van der Waals surface area contributed by atoms with Crippen LogP contribution in [0.2, 0.25) is 0 Å². The fraction of sp³-hybridized carbons (Fsp3) is 0.263. The van der Waals surface area contributed by atoms with Crippen LogP contribution in [0.15, 0.2) is 54.6 Å². The molecule has 0 aromatic heterocycles. The second-order valence-electron chi connectivity index (χ2n) is 6.38. The quantitative estimate of drug-likeness (QED) is 0.652. The summed E-state index contributed by atoms with van der Waals surface area (Å²) >= 11 is 3.71. The molecule has 2 bridgehead atoms. The second kappa shape index (κ2) is 4.62. The van der Waals surface area contributed by atoms with Crippen molar-refractivity contribution in [1.82, 2.24) is 0 Å². The fourth-order valence-electron chi connectivity index (χ4n) is 3.94. The van der Waals surface area contributed by atoms with E-state index in [1.165, 1.54) is 0 Å². The molecule has 23 heavy (non-hydrogen) atoms. The van der Waals surface area contributed by atoms with Crippen molar-refractivity contribution in [2.75, 3.05) is 0 Å². The van der Waals surface area contributed by atoms with Crippen molar-refractivity contribution in [3.8, 4) is 0 Å². The van der Waals surface area contributed by atoms with E-state index in [0.717, 1.165) is 16.8 Å². The van der Waals surface area contributed by atoms with E-state index in [4.69, 9.17) is 0 Å². The van der Waals surface area contributed by atoms with Gasteiger partial charge in [0.1, 0.15) is 0 Å². The Labute approximate surface area is 143 Å². The van der Waals surface area contributed by atoms with Gasteiger partial charge in [-0.05, 0) is 32.0 Å². The van der Waals surface area contributed by atoms with Crippen LogP contribution in [0.1, 0.15) is 30.5 Å². The Morgan fingerprint density at radius 1 is 1.00 bits per heavy atom. The molecule has 1 N–H and O–H groups in total. The highest BCUT2D eigenvalue weighted by Gasteiger charge is 2.76. The third-order valence-corrected chi connectivity index (χ3v) is 5.95. The Morgan fingerprint density at radius 2 is 1.57 bits per heavy atom. The molecular weight excluding hydrogens is 354 g/mol. The van der Waals surface area contributed by atoms with Gasteiger partial charge in [0.2, 0.25) is 10.0 Å². The number of ketones is 1. The van der Waals surface area contributed by atoms with Crippen molar-refractivity contribution in [2.45, 2.75) is 29.9 Å². The summed E-state index contributed by atoms with van der Waals surface area (Å²) in [6.45, 7) is 3.99. The lowest BCUT2D eigenvalue weighted by Crippen LogP contribution is -2.45. The maximum Gasteiger partial charge on any atom is 0.355 e. The summed E-state index contributed by atoms with van der Waals surface area (Å²) in [5.41, 5.74) is 1.66. The van der Waals surface area contributed by atoms with Gasteiger partial charge in [0, 0.05) is 11.1 Å². The molecule has 116 valence electrons. The third kappa shape index (κ3) is 1.58. The molecule has 0 radical (unpaired) electrons. The van der Waals surface area contributed by atoms with Crippen molar-refractivity contribution in [3.05, 3.63) is 71.3 Å². The number of hydrogen-bond acceptors (Lipinski definition) is 2. The highest BCUT2D eigenvalue weighted by Crippen LogP contribution is 2.56. The van der Waals surface area contributed by atoms with Gasteiger partial charge in [0.15, 0.2) is 6.04 Å². The number of carbonyl (C=O) groups is 1. The highest BCUT2D eigenvalue weighted by molar-refractivity contribution is 9.10. The van der Waals surface area contributed by atoms with Gasteiger partial charge in [-0.2, -0.15) is 4.58 Å². The van der Waals surface area contributed by atoms with Gasteiger partial charge in [-0.25, -0.2) is 0 Å². The lowest BCUT2D eigenvalue weighted by molar-refractivity contribution is -0.667. The summed E-state index contributed by atoms with van der Waals surface area (Å²) in [5, 5.41) is 11.4. The average Bonchev–Trinajstić information content (AvgIpc) is 2.85. The van der Waals surface area contributed by atoms with Crippen LogP contribution in [0.5, 0.6) is 0 Å². The highest BCUT2D eigenvalue weighted by atomic mass is 79.9. The van der Waals surface area contributed by atoms with Crippen LogP contribution in [-0.2, 0) is 14.8 Å². The molecule has 2 aromatic rings. The zero-order valence-electron chi connectivity index (χ0n) is 13.0. The number of halogens is 1. The van der Waals surface area contributed by atoms with E-state index in [2.05, 4.69) is 15.9 Å². The molecule has 2 aromatic carbocycles. The van der Waals surface area contributed by atoms with E-state index in [9.17, 15) is 9.90 Å². The Balaban J connectivity index is 2.13. The zero-order valence-corrected chi connectivity index (χ0v) is 14.5. The number of nitrogens with zero attached hydrogens (tertiary/aromatic N) is 1. The Kier molecular flexibility index (Phi) is 2.97. The monoisotopic (exact) mass is 370 g/mol. The normalized spacial score (nSPS) is 28.7. The van der Waals surface area contributed by atoms with Crippen LogP contribution in [0, 0.1) is 0 Å². The van der Waals surface area contributed by atoms with E-state index < -0.39 is 10.0 Å². The summed E-state index contributed by atoms with van der Waals surface area (Å²) in [6, 6.07) is 17.3. The molecule has 3 nitrogen and oxygen atoms in total. The van der Waals surface area contributed by atoms with Crippen LogP contribution in [0.4, 0.5) is 0 Å². The minimum absolute atomic E-state index is 0.0214. The average molecular weight is 371 g/mol. The number of alkyl halides is 1. The van der Waals surface area contributed by atoms with Crippen LogP contribution < -0.4 is 0 Å². The maximum absolute atomic E-state index is 13.2. The van der Waals surface area contributed by atoms with Gasteiger partial charge in [0.25, 0.3) is 5.78 Å².